The Balaban J connectivity index is 2.16. The molecule has 1 amide bonds. The van der Waals surface area contributed by atoms with Crippen LogP contribution < -0.4 is 5.32 Å². The van der Waals surface area contributed by atoms with Crippen LogP contribution in [0, 0.1) is 5.92 Å². The maximum atomic E-state index is 11.6. The van der Waals surface area contributed by atoms with Gasteiger partial charge in [-0.25, -0.2) is 8.42 Å². The first-order valence-corrected chi connectivity index (χ1v) is 7.95. The van der Waals surface area contributed by atoms with E-state index >= 15 is 0 Å². The Bertz CT molecular complexity index is 329. The minimum atomic E-state index is -2.96. The van der Waals surface area contributed by atoms with Crippen LogP contribution in [0.15, 0.2) is 0 Å². The highest BCUT2D eigenvalue weighted by atomic mass is 35.5. The van der Waals surface area contributed by atoms with Crippen LogP contribution in [0.2, 0.25) is 0 Å². The number of amides is 1. The van der Waals surface area contributed by atoms with Gasteiger partial charge in [-0.2, -0.15) is 0 Å². The average Bonchev–Trinajstić information content (AvgIpc) is 2.58. The lowest BCUT2D eigenvalue weighted by Gasteiger charge is -2.08. The summed E-state index contributed by atoms with van der Waals surface area (Å²) in [4.78, 5) is 11.6. The van der Waals surface area contributed by atoms with E-state index in [1.807, 2.05) is 0 Å². The van der Waals surface area contributed by atoms with Crippen LogP contribution in [-0.2, 0) is 14.6 Å². The number of hydrogen-bond donors (Lipinski definition) is 1. The Morgan fingerprint density at radius 2 is 2.06 bits per heavy atom. The number of sulfone groups is 1. The third-order valence-corrected chi connectivity index (χ3v) is 4.75. The van der Waals surface area contributed by atoms with Gasteiger partial charge in [-0.3, -0.25) is 4.79 Å². The number of carbonyl (C=O) groups excluding carboxylic acids is 1. The number of nitrogens with one attached hydrogen (secondary N) is 1. The zero-order valence-electron chi connectivity index (χ0n) is 9.25. The Hall–Kier alpha value is -0.290. The van der Waals surface area contributed by atoms with Gasteiger partial charge in [0.1, 0.15) is 0 Å². The molecule has 94 valence electrons. The van der Waals surface area contributed by atoms with Crippen molar-refractivity contribution in [2.24, 2.45) is 5.92 Å². The quantitative estimate of drug-likeness (QED) is 0.576. The van der Waals surface area contributed by atoms with Crippen molar-refractivity contribution < 1.29 is 13.2 Å². The van der Waals surface area contributed by atoms with Crippen LogP contribution in [0.3, 0.4) is 0 Å². The highest BCUT2D eigenvalue weighted by molar-refractivity contribution is 7.91. The zero-order valence-corrected chi connectivity index (χ0v) is 10.8. The minimum absolute atomic E-state index is 0.0144. The Kier molecular flexibility index (Phi) is 5.55. The first-order chi connectivity index (χ1) is 7.55. The van der Waals surface area contributed by atoms with Crippen molar-refractivity contribution in [2.45, 2.75) is 25.7 Å². The van der Waals surface area contributed by atoms with E-state index in [0.29, 0.717) is 18.8 Å². The van der Waals surface area contributed by atoms with Crippen molar-refractivity contribution >= 4 is 27.3 Å². The Morgan fingerprint density at radius 3 is 2.62 bits per heavy atom. The molecule has 0 saturated carbocycles. The van der Waals surface area contributed by atoms with Crippen LogP contribution in [0.5, 0.6) is 0 Å². The summed E-state index contributed by atoms with van der Waals surface area (Å²) in [6.07, 6.45) is 3.32. The van der Waals surface area contributed by atoms with Gasteiger partial charge in [-0.1, -0.05) is 6.42 Å². The maximum absolute atomic E-state index is 11.6. The number of unbranched alkanes of at least 4 members (excludes halogenated alkanes) is 2. The van der Waals surface area contributed by atoms with Crippen molar-refractivity contribution in [3.8, 4) is 0 Å². The molecule has 4 nitrogen and oxygen atoms in total. The summed E-state index contributed by atoms with van der Waals surface area (Å²) < 4.78 is 22.3. The smallest absolute Gasteiger partial charge is 0.224 e. The lowest BCUT2D eigenvalue weighted by Crippen LogP contribution is -2.32. The Morgan fingerprint density at radius 1 is 1.31 bits per heavy atom. The molecule has 0 radical (unpaired) electrons. The second-order valence-corrected chi connectivity index (χ2v) is 6.75. The SMILES string of the molecule is O=C(NCCCCCCl)C1CCS(=O)(=O)C1. The van der Waals surface area contributed by atoms with Crippen molar-refractivity contribution in [2.75, 3.05) is 23.9 Å². The molecule has 1 aliphatic rings. The molecule has 1 rings (SSSR count). The fourth-order valence-corrected chi connectivity index (χ4v) is 3.68. The topological polar surface area (TPSA) is 63.2 Å². The van der Waals surface area contributed by atoms with E-state index in [0.717, 1.165) is 19.3 Å². The van der Waals surface area contributed by atoms with E-state index in [2.05, 4.69) is 5.32 Å². The van der Waals surface area contributed by atoms with E-state index < -0.39 is 9.84 Å². The van der Waals surface area contributed by atoms with Crippen LogP contribution in [0.25, 0.3) is 0 Å². The Labute approximate surface area is 102 Å². The van der Waals surface area contributed by atoms with E-state index in [1.54, 1.807) is 0 Å². The van der Waals surface area contributed by atoms with Gasteiger partial charge in [0.2, 0.25) is 5.91 Å². The molecule has 1 N–H and O–H groups in total. The zero-order chi connectivity index (χ0) is 12.0. The molecular formula is C10H18ClNO3S. The average molecular weight is 268 g/mol. The summed E-state index contributed by atoms with van der Waals surface area (Å²) >= 11 is 5.52. The first kappa shape index (κ1) is 13.8. The summed E-state index contributed by atoms with van der Waals surface area (Å²) in [7, 11) is -2.96. The molecule has 1 heterocycles. The maximum Gasteiger partial charge on any atom is 0.224 e. The number of alkyl halides is 1. The molecule has 1 unspecified atom stereocenters. The minimum Gasteiger partial charge on any atom is -0.356 e. The monoisotopic (exact) mass is 267 g/mol. The third kappa shape index (κ3) is 4.70. The van der Waals surface area contributed by atoms with Crippen LogP contribution in [-0.4, -0.2) is 38.3 Å². The lowest BCUT2D eigenvalue weighted by molar-refractivity contribution is -0.124. The van der Waals surface area contributed by atoms with E-state index in [-0.39, 0.29) is 23.3 Å². The highest BCUT2D eigenvalue weighted by Gasteiger charge is 2.32. The normalized spacial score (nSPS) is 23.2. The summed E-state index contributed by atoms with van der Waals surface area (Å²) in [5, 5.41) is 2.77. The molecule has 1 saturated heterocycles. The van der Waals surface area contributed by atoms with E-state index in [9.17, 15) is 13.2 Å². The van der Waals surface area contributed by atoms with E-state index in [4.69, 9.17) is 11.6 Å². The number of rotatable bonds is 6. The molecule has 1 fully saturated rings. The molecule has 1 atom stereocenters. The van der Waals surface area contributed by atoms with Gasteiger partial charge in [0.05, 0.1) is 17.4 Å². The second kappa shape index (κ2) is 6.45. The highest BCUT2D eigenvalue weighted by Crippen LogP contribution is 2.18. The molecule has 0 aromatic rings. The summed E-state index contributed by atoms with van der Waals surface area (Å²) in [6, 6.07) is 0. The van der Waals surface area contributed by atoms with Crippen molar-refractivity contribution in [3.05, 3.63) is 0 Å². The first-order valence-electron chi connectivity index (χ1n) is 5.59. The predicted molar refractivity (Wildman–Crippen MR) is 64.3 cm³/mol. The molecule has 0 aliphatic carbocycles. The number of hydrogen-bond acceptors (Lipinski definition) is 3. The van der Waals surface area contributed by atoms with Gasteiger partial charge in [-0.15, -0.1) is 11.6 Å². The van der Waals surface area contributed by atoms with Crippen LogP contribution in [0.1, 0.15) is 25.7 Å². The van der Waals surface area contributed by atoms with Crippen LogP contribution >= 0.6 is 11.6 Å². The van der Waals surface area contributed by atoms with Gasteiger partial charge < -0.3 is 5.32 Å². The molecule has 6 heteroatoms. The molecule has 0 aromatic carbocycles. The molecule has 0 spiro atoms. The standard InChI is InChI=1S/C10H18ClNO3S/c11-5-2-1-3-6-12-10(13)9-4-7-16(14,15)8-9/h9H,1-8H2,(H,12,13). The predicted octanol–water partition coefficient (Wildman–Crippen LogP) is 0.946. The summed E-state index contributed by atoms with van der Waals surface area (Å²) in [5.74, 6) is 0.358. The van der Waals surface area contributed by atoms with Crippen molar-refractivity contribution in [3.63, 3.8) is 0 Å². The molecule has 1 aliphatic heterocycles. The van der Waals surface area contributed by atoms with Crippen molar-refractivity contribution in [1.82, 2.24) is 5.32 Å². The number of carbonyl (C=O) groups is 1. The second-order valence-electron chi connectivity index (χ2n) is 4.14. The van der Waals surface area contributed by atoms with E-state index in [1.165, 1.54) is 0 Å². The molecular weight excluding hydrogens is 250 g/mol. The van der Waals surface area contributed by atoms with Crippen molar-refractivity contribution in [1.29, 1.82) is 0 Å². The molecule has 0 bridgehead atoms. The number of halogens is 1. The fraction of sp³-hybridized carbons (Fsp3) is 0.900. The lowest BCUT2D eigenvalue weighted by atomic mass is 10.1. The van der Waals surface area contributed by atoms with Gasteiger partial charge in [0, 0.05) is 12.4 Å². The largest absolute Gasteiger partial charge is 0.356 e. The van der Waals surface area contributed by atoms with Gasteiger partial charge in [0.15, 0.2) is 9.84 Å². The summed E-state index contributed by atoms with van der Waals surface area (Å²) in [5.41, 5.74) is 0. The third-order valence-electron chi connectivity index (χ3n) is 2.71. The fourth-order valence-electron chi connectivity index (χ4n) is 1.75. The molecule has 0 aromatic heterocycles. The summed E-state index contributed by atoms with van der Waals surface area (Å²) in [6.45, 7) is 0.617. The van der Waals surface area contributed by atoms with Gasteiger partial charge in [-0.05, 0) is 19.3 Å². The van der Waals surface area contributed by atoms with Gasteiger partial charge in [0.25, 0.3) is 0 Å². The van der Waals surface area contributed by atoms with Gasteiger partial charge >= 0.3 is 0 Å². The van der Waals surface area contributed by atoms with Crippen LogP contribution in [0.4, 0.5) is 0 Å². The molecule has 16 heavy (non-hydrogen) atoms.